The van der Waals surface area contributed by atoms with Gasteiger partial charge in [-0.25, -0.2) is 9.97 Å². The molecule has 0 radical (unpaired) electrons. The SMILES string of the molecule is CCCCN(CC)c1nc2c(-c3cc4c([nH]3)CCNC4=O)cccc2nc1C. The number of hydrogen-bond acceptors (Lipinski definition) is 4. The van der Waals surface area contributed by atoms with E-state index in [1.54, 1.807) is 0 Å². The van der Waals surface area contributed by atoms with Crippen LogP contribution in [-0.2, 0) is 6.42 Å². The smallest absolute Gasteiger partial charge is 0.253 e. The van der Waals surface area contributed by atoms with E-state index >= 15 is 0 Å². The zero-order valence-electron chi connectivity index (χ0n) is 16.8. The maximum absolute atomic E-state index is 12.2. The number of carbonyl (C=O) groups excluding carboxylic acids is 1. The largest absolute Gasteiger partial charge is 0.358 e. The fourth-order valence-corrected chi connectivity index (χ4v) is 3.87. The summed E-state index contributed by atoms with van der Waals surface area (Å²) in [5.74, 6) is 0.938. The van der Waals surface area contributed by atoms with Crippen LogP contribution in [0.2, 0.25) is 0 Å². The lowest BCUT2D eigenvalue weighted by Gasteiger charge is -2.23. The number of benzene rings is 1. The van der Waals surface area contributed by atoms with Crippen LogP contribution in [0.4, 0.5) is 5.82 Å². The average Bonchev–Trinajstić information content (AvgIpc) is 3.14. The summed E-state index contributed by atoms with van der Waals surface area (Å²) in [6, 6.07) is 7.99. The van der Waals surface area contributed by atoms with Crippen molar-refractivity contribution in [3.63, 3.8) is 0 Å². The first-order valence-corrected chi connectivity index (χ1v) is 10.1. The van der Waals surface area contributed by atoms with Crippen LogP contribution in [-0.4, -0.2) is 40.5 Å². The van der Waals surface area contributed by atoms with Gasteiger partial charge in [0, 0.05) is 43.0 Å². The van der Waals surface area contributed by atoms with Crippen LogP contribution in [0.15, 0.2) is 24.3 Å². The second-order valence-corrected chi connectivity index (χ2v) is 7.32. The number of rotatable bonds is 6. The molecule has 1 aliphatic rings. The number of carbonyl (C=O) groups is 1. The highest BCUT2D eigenvalue weighted by Crippen LogP contribution is 2.31. The number of hydrogen-bond donors (Lipinski definition) is 2. The number of amides is 1. The van der Waals surface area contributed by atoms with E-state index in [2.05, 4.69) is 29.0 Å². The summed E-state index contributed by atoms with van der Waals surface area (Å²) in [6.45, 7) is 8.94. The molecule has 0 aliphatic carbocycles. The molecule has 0 spiro atoms. The molecule has 6 nitrogen and oxygen atoms in total. The highest BCUT2D eigenvalue weighted by atomic mass is 16.1. The molecule has 0 atom stereocenters. The number of unbranched alkanes of at least 4 members (excludes halogenated alkanes) is 1. The van der Waals surface area contributed by atoms with Crippen molar-refractivity contribution in [1.29, 1.82) is 0 Å². The maximum atomic E-state index is 12.2. The van der Waals surface area contributed by atoms with Gasteiger partial charge < -0.3 is 15.2 Å². The normalized spacial score (nSPS) is 13.5. The van der Waals surface area contributed by atoms with Gasteiger partial charge in [-0.05, 0) is 32.4 Å². The van der Waals surface area contributed by atoms with E-state index in [4.69, 9.17) is 9.97 Å². The van der Waals surface area contributed by atoms with E-state index in [0.717, 1.165) is 77.4 Å². The van der Waals surface area contributed by atoms with Crippen molar-refractivity contribution >= 4 is 22.8 Å². The number of aromatic nitrogens is 3. The molecule has 2 aromatic heterocycles. The van der Waals surface area contributed by atoms with E-state index in [9.17, 15) is 4.79 Å². The topological polar surface area (TPSA) is 73.9 Å². The van der Waals surface area contributed by atoms with Gasteiger partial charge in [0.25, 0.3) is 5.91 Å². The first-order valence-electron chi connectivity index (χ1n) is 10.1. The third-order valence-corrected chi connectivity index (χ3v) is 5.40. The number of aryl methyl sites for hydroxylation is 1. The van der Waals surface area contributed by atoms with E-state index in [-0.39, 0.29) is 5.91 Å². The number of H-pyrrole nitrogens is 1. The second-order valence-electron chi connectivity index (χ2n) is 7.32. The molecule has 146 valence electrons. The second kappa shape index (κ2) is 7.62. The summed E-state index contributed by atoms with van der Waals surface area (Å²) in [4.78, 5) is 27.8. The molecule has 6 heteroatoms. The quantitative estimate of drug-likeness (QED) is 0.684. The van der Waals surface area contributed by atoms with Gasteiger partial charge in [-0.3, -0.25) is 4.79 Å². The molecule has 2 N–H and O–H groups in total. The van der Waals surface area contributed by atoms with Crippen LogP contribution >= 0.6 is 0 Å². The van der Waals surface area contributed by atoms with E-state index in [1.807, 2.05) is 31.2 Å². The summed E-state index contributed by atoms with van der Waals surface area (Å²) in [5.41, 5.74) is 6.34. The van der Waals surface area contributed by atoms with Gasteiger partial charge in [0.15, 0.2) is 5.82 Å². The number of nitrogens with zero attached hydrogens (tertiary/aromatic N) is 3. The third-order valence-electron chi connectivity index (χ3n) is 5.40. The van der Waals surface area contributed by atoms with Gasteiger partial charge in [-0.1, -0.05) is 25.5 Å². The Morgan fingerprint density at radius 1 is 1.18 bits per heavy atom. The Bertz CT molecular complexity index is 1020. The van der Waals surface area contributed by atoms with Gasteiger partial charge in [-0.2, -0.15) is 0 Å². The molecule has 28 heavy (non-hydrogen) atoms. The zero-order valence-corrected chi connectivity index (χ0v) is 16.8. The van der Waals surface area contributed by atoms with Gasteiger partial charge in [-0.15, -0.1) is 0 Å². The molecule has 1 aliphatic heterocycles. The predicted molar refractivity (Wildman–Crippen MR) is 113 cm³/mol. The summed E-state index contributed by atoms with van der Waals surface area (Å²) in [5, 5.41) is 2.91. The van der Waals surface area contributed by atoms with Crippen molar-refractivity contribution in [2.75, 3.05) is 24.5 Å². The average molecular weight is 377 g/mol. The van der Waals surface area contributed by atoms with Crippen molar-refractivity contribution in [2.45, 2.75) is 40.0 Å². The van der Waals surface area contributed by atoms with Gasteiger partial charge >= 0.3 is 0 Å². The van der Waals surface area contributed by atoms with Crippen molar-refractivity contribution in [1.82, 2.24) is 20.3 Å². The third kappa shape index (κ3) is 3.23. The number of para-hydroxylation sites is 1. The molecule has 4 rings (SSSR count). The highest BCUT2D eigenvalue weighted by Gasteiger charge is 2.21. The van der Waals surface area contributed by atoms with Crippen LogP contribution in [0.3, 0.4) is 0 Å². The Labute approximate surface area is 165 Å². The van der Waals surface area contributed by atoms with E-state index < -0.39 is 0 Å². The van der Waals surface area contributed by atoms with E-state index in [1.165, 1.54) is 0 Å². The van der Waals surface area contributed by atoms with Gasteiger partial charge in [0.05, 0.1) is 16.8 Å². The van der Waals surface area contributed by atoms with Crippen LogP contribution in [0, 0.1) is 6.92 Å². The molecular weight excluding hydrogens is 350 g/mol. The van der Waals surface area contributed by atoms with Gasteiger partial charge in [0.1, 0.15) is 5.52 Å². The Morgan fingerprint density at radius 2 is 2.04 bits per heavy atom. The first-order chi connectivity index (χ1) is 13.6. The van der Waals surface area contributed by atoms with Crippen LogP contribution in [0.1, 0.15) is 48.4 Å². The maximum Gasteiger partial charge on any atom is 0.253 e. The fraction of sp³-hybridized carbons (Fsp3) is 0.409. The number of nitrogens with one attached hydrogen (secondary N) is 2. The molecule has 1 aromatic carbocycles. The molecular formula is C22H27N5O. The lowest BCUT2D eigenvalue weighted by molar-refractivity contribution is 0.0946. The van der Waals surface area contributed by atoms with Crippen LogP contribution < -0.4 is 10.2 Å². The van der Waals surface area contributed by atoms with Crippen molar-refractivity contribution in [3.05, 3.63) is 41.2 Å². The highest BCUT2D eigenvalue weighted by molar-refractivity contribution is 5.99. The molecule has 0 unspecified atom stereocenters. The summed E-state index contributed by atoms with van der Waals surface area (Å²) >= 11 is 0. The molecule has 0 saturated carbocycles. The summed E-state index contributed by atoms with van der Waals surface area (Å²) in [6.07, 6.45) is 3.10. The van der Waals surface area contributed by atoms with Crippen molar-refractivity contribution < 1.29 is 4.79 Å². The summed E-state index contributed by atoms with van der Waals surface area (Å²) < 4.78 is 0. The van der Waals surface area contributed by atoms with Crippen LogP contribution in [0.25, 0.3) is 22.3 Å². The minimum Gasteiger partial charge on any atom is -0.358 e. The Hall–Kier alpha value is -2.89. The Balaban J connectivity index is 1.83. The summed E-state index contributed by atoms with van der Waals surface area (Å²) in [7, 11) is 0. The van der Waals surface area contributed by atoms with Crippen LogP contribution in [0.5, 0.6) is 0 Å². The molecule has 0 saturated heterocycles. The number of aromatic amines is 1. The zero-order chi connectivity index (χ0) is 19.7. The minimum absolute atomic E-state index is 0.0108. The molecule has 0 fully saturated rings. The Morgan fingerprint density at radius 3 is 2.79 bits per heavy atom. The molecule has 3 heterocycles. The minimum atomic E-state index is -0.0108. The van der Waals surface area contributed by atoms with E-state index in [0.29, 0.717) is 6.54 Å². The lowest BCUT2D eigenvalue weighted by atomic mass is 10.1. The monoisotopic (exact) mass is 377 g/mol. The standard InChI is InChI=1S/C22H27N5O/c1-4-6-12-27(5-2)21-14(3)24-18-9-7-8-15(20(18)26-21)19-13-16-17(25-19)10-11-23-22(16)28/h7-9,13,25H,4-6,10-12H2,1-3H3,(H,23,28). The van der Waals surface area contributed by atoms with Crippen molar-refractivity contribution in [2.24, 2.45) is 0 Å². The Kier molecular flexibility index (Phi) is 5.03. The van der Waals surface area contributed by atoms with Gasteiger partial charge in [0.2, 0.25) is 0 Å². The molecule has 0 bridgehead atoms. The predicted octanol–water partition coefficient (Wildman–Crippen LogP) is 3.85. The number of fused-ring (bicyclic) bond motifs is 2. The number of anilines is 1. The lowest BCUT2D eigenvalue weighted by Crippen LogP contribution is -2.31. The van der Waals surface area contributed by atoms with Crippen molar-refractivity contribution in [3.8, 4) is 11.3 Å². The molecule has 3 aromatic rings. The fourth-order valence-electron chi connectivity index (χ4n) is 3.87. The molecule has 1 amide bonds. The first kappa shape index (κ1) is 18.5.